The van der Waals surface area contributed by atoms with E-state index in [2.05, 4.69) is 15.5 Å². The van der Waals surface area contributed by atoms with E-state index in [0.29, 0.717) is 31.4 Å². The summed E-state index contributed by atoms with van der Waals surface area (Å²) < 4.78 is 10.2. The van der Waals surface area contributed by atoms with Crippen LogP contribution in [0.15, 0.2) is 34.9 Å². The maximum Gasteiger partial charge on any atom is 0.325 e. The molecule has 0 radical (unpaired) electrons. The van der Waals surface area contributed by atoms with Gasteiger partial charge in [0.25, 0.3) is 0 Å². The number of carbonyl (C=O) groups excluding carboxylic acids is 2. The van der Waals surface area contributed by atoms with E-state index in [1.807, 2.05) is 30.3 Å². The molecule has 1 aliphatic rings. The summed E-state index contributed by atoms with van der Waals surface area (Å²) >= 11 is 0. The normalized spacial score (nSPS) is 14.9. The number of amides is 2. The molecule has 138 valence electrons. The summed E-state index contributed by atoms with van der Waals surface area (Å²) in [7, 11) is 0. The molecule has 1 N–H and O–H groups in total. The Bertz CT molecular complexity index is 739. The number of aromatic nitrogens is 2. The van der Waals surface area contributed by atoms with Crippen molar-refractivity contribution in [3.8, 4) is 11.4 Å². The topological polar surface area (TPSA) is 97.6 Å². The fourth-order valence-corrected chi connectivity index (χ4v) is 2.91. The molecule has 0 unspecified atom stereocenters. The smallest absolute Gasteiger partial charge is 0.325 e. The lowest BCUT2D eigenvalue weighted by Gasteiger charge is -2.30. The van der Waals surface area contributed by atoms with Gasteiger partial charge in [0.05, 0.1) is 6.61 Å². The quantitative estimate of drug-likeness (QED) is 0.823. The molecule has 2 amide bonds. The highest BCUT2D eigenvalue weighted by molar-refractivity contribution is 5.80. The minimum atomic E-state index is -0.435. The molecular weight excluding hydrogens is 336 g/mol. The summed E-state index contributed by atoms with van der Waals surface area (Å²) in [6.07, 6.45) is 1.48. The van der Waals surface area contributed by atoms with Gasteiger partial charge in [-0.3, -0.25) is 4.79 Å². The molecule has 0 saturated carbocycles. The van der Waals surface area contributed by atoms with Crippen LogP contribution in [0.1, 0.15) is 31.6 Å². The number of piperidine rings is 1. The van der Waals surface area contributed by atoms with Crippen molar-refractivity contribution < 1.29 is 18.8 Å². The van der Waals surface area contributed by atoms with E-state index in [1.54, 1.807) is 11.8 Å². The van der Waals surface area contributed by atoms with Crippen LogP contribution in [-0.4, -0.2) is 53.3 Å². The number of nitrogens with one attached hydrogen (secondary N) is 1. The number of likely N-dealkylation sites (tertiary alicyclic amines) is 1. The minimum Gasteiger partial charge on any atom is -0.465 e. The van der Waals surface area contributed by atoms with Crippen LogP contribution in [0, 0.1) is 0 Å². The summed E-state index contributed by atoms with van der Waals surface area (Å²) in [5, 5.41) is 6.63. The number of benzene rings is 1. The van der Waals surface area contributed by atoms with Crippen molar-refractivity contribution in [1.82, 2.24) is 20.4 Å². The van der Waals surface area contributed by atoms with Crippen LogP contribution in [0.3, 0.4) is 0 Å². The molecule has 8 heteroatoms. The second kappa shape index (κ2) is 8.46. The first-order valence-corrected chi connectivity index (χ1v) is 8.74. The minimum absolute atomic E-state index is 0.114. The van der Waals surface area contributed by atoms with Crippen molar-refractivity contribution in [2.45, 2.75) is 25.7 Å². The van der Waals surface area contributed by atoms with Crippen LogP contribution in [0.4, 0.5) is 4.79 Å². The van der Waals surface area contributed by atoms with E-state index in [0.717, 1.165) is 18.4 Å². The lowest BCUT2D eigenvalue weighted by Crippen LogP contribution is -2.45. The van der Waals surface area contributed by atoms with Gasteiger partial charge in [-0.25, -0.2) is 4.79 Å². The number of hydrogen-bond acceptors (Lipinski definition) is 6. The molecule has 0 spiro atoms. The van der Waals surface area contributed by atoms with Crippen molar-refractivity contribution >= 4 is 12.0 Å². The summed E-state index contributed by atoms with van der Waals surface area (Å²) in [4.78, 5) is 29.6. The van der Waals surface area contributed by atoms with Gasteiger partial charge in [0.15, 0.2) is 0 Å². The van der Waals surface area contributed by atoms with E-state index >= 15 is 0 Å². The maximum atomic E-state index is 12.1. The highest BCUT2D eigenvalue weighted by Crippen LogP contribution is 2.28. The van der Waals surface area contributed by atoms with Crippen molar-refractivity contribution in [2.24, 2.45) is 0 Å². The van der Waals surface area contributed by atoms with Crippen LogP contribution >= 0.6 is 0 Å². The molecule has 2 heterocycles. The average molecular weight is 358 g/mol. The van der Waals surface area contributed by atoms with Crippen molar-refractivity contribution in [3.05, 3.63) is 36.2 Å². The first kappa shape index (κ1) is 17.9. The van der Waals surface area contributed by atoms with E-state index in [-0.39, 0.29) is 18.5 Å². The van der Waals surface area contributed by atoms with Crippen molar-refractivity contribution in [2.75, 3.05) is 26.2 Å². The lowest BCUT2D eigenvalue weighted by atomic mass is 9.97. The SMILES string of the molecule is CCOC(=O)CNC(=O)N1CCC(c2nc(-c3ccccc3)no2)CC1. The monoisotopic (exact) mass is 358 g/mol. The van der Waals surface area contributed by atoms with Gasteiger partial charge in [-0.1, -0.05) is 35.5 Å². The molecule has 1 aromatic heterocycles. The van der Waals surface area contributed by atoms with E-state index in [4.69, 9.17) is 9.26 Å². The number of ether oxygens (including phenoxy) is 1. The summed E-state index contributed by atoms with van der Waals surface area (Å²) in [6.45, 7) is 3.06. The number of esters is 1. The molecule has 8 nitrogen and oxygen atoms in total. The van der Waals surface area contributed by atoms with Gasteiger partial charge < -0.3 is 19.5 Å². The number of rotatable bonds is 5. The van der Waals surface area contributed by atoms with Crippen molar-refractivity contribution in [3.63, 3.8) is 0 Å². The first-order valence-electron chi connectivity index (χ1n) is 8.74. The standard InChI is InChI=1S/C18H22N4O4/c1-2-25-15(23)12-19-18(24)22-10-8-14(9-11-22)17-20-16(21-26-17)13-6-4-3-5-7-13/h3-7,14H,2,8-12H2,1H3,(H,19,24). The number of hydrogen-bond donors (Lipinski definition) is 1. The molecule has 1 aliphatic heterocycles. The molecule has 2 aromatic rings. The van der Waals surface area contributed by atoms with Crippen molar-refractivity contribution in [1.29, 1.82) is 0 Å². The summed E-state index contributed by atoms with van der Waals surface area (Å²) in [5.74, 6) is 0.884. The molecular formula is C18H22N4O4. The lowest BCUT2D eigenvalue weighted by molar-refractivity contribution is -0.141. The molecule has 1 aromatic carbocycles. The number of urea groups is 1. The van der Waals surface area contributed by atoms with Gasteiger partial charge >= 0.3 is 12.0 Å². The Balaban J connectivity index is 1.50. The Morgan fingerprint density at radius 1 is 1.27 bits per heavy atom. The van der Waals surface area contributed by atoms with Gasteiger partial charge in [0, 0.05) is 24.6 Å². The highest BCUT2D eigenvalue weighted by Gasteiger charge is 2.27. The van der Waals surface area contributed by atoms with Crippen LogP contribution < -0.4 is 5.32 Å². The fraction of sp³-hybridized carbons (Fsp3) is 0.444. The Hall–Kier alpha value is -2.90. The van der Waals surface area contributed by atoms with Gasteiger partial charge in [0.2, 0.25) is 11.7 Å². The molecule has 1 saturated heterocycles. The number of nitrogens with zero attached hydrogens (tertiary/aromatic N) is 3. The Labute approximate surface area is 151 Å². The number of carbonyl (C=O) groups is 2. The van der Waals surface area contributed by atoms with E-state index in [9.17, 15) is 9.59 Å². The zero-order valence-corrected chi connectivity index (χ0v) is 14.7. The third kappa shape index (κ3) is 4.38. The van der Waals surface area contributed by atoms with E-state index in [1.165, 1.54) is 0 Å². The van der Waals surface area contributed by atoms with Gasteiger partial charge in [-0.05, 0) is 19.8 Å². The van der Waals surface area contributed by atoms with Crippen LogP contribution in [0.2, 0.25) is 0 Å². The van der Waals surface area contributed by atoms with Gasteiger partial charge in [0.1, 0.15) is 6.54 Å². The molecule has 3 rings (SSSR count). The van der Waals surface area contributed by atoms with E-state index < -0.39 is 5.97 Å². The Kier molecular flexibility index (Phi) is 5.83. The summed E-state index contributed by atoms with van der Waals surface area (Å²) in [5.41, 5.74) is 0.915. The van der Waals surface area contributed by atoms with Crippen LogP contribution in [0.5, 0.6) is 0 Å². The molecule has 0 aliphatic carbocycles. The zero-order valence-electron chi connectivity index (χ0n) is 14.7. The second-order valence-corrected chi connectivity index (χ2v) is 6.05. The predicted octanol–water partition coefficient (Wildman–Crippen LogP) is 2.19. The van der Waals surface area contributed by atoms with Crippen LogP contribution in [0.25, 0.3) is 11.4 Å². The van der Waals surface area contributed by atoms with Gasteiger partial charge in [-0.2, -0.15) is 4.98 Å². The molecule has 26 heavy (non-hydrogen) atoms. The highest BCUT2D eigenvalue weighted by atomic mass is 16.5. The maximum absolute atomic E-state index is 12.1. The Morgan fingerprint density at radius 3 is 2.69 bits per heavy atom. The molecule has 1 fully saturated rings. The average Bonchev–Trinajstić information content (AvgIpc) is 3.17. The van der Waals surface area contributed by atoms with Crippen LogP contribution in [-0.2, 0) is 9.53 Å². The summed E-state index contributed by atoms with van der Waals surface area (Å²) in [6, 6.07) is 9.41. The zero-order chi connectivity index (χ0) is 18.4. The predicted molar refractivity (Wildman–Crippen MR) is 93.3 cm³/mol. The molecule has 0 atom stereocenters. The largest absolute Gasteiger partial charge is 0.465 e. The molecule has 0 bridgehead atoms. The van der Waals surface area contributed by atoms with Gasteiger partial charge in [-0.15, -0.1) is 0 Å². The second-order valence-electron chi connectivity index (χ2n) is 6.05. The fourth-order valence-electron chi connectivity index (χ4n) is 2.91. The Morgan fingerprint density at radius 2 is 2.00 bits per heavy atom. The first-order chi connectivity index (χ1) is 12.7. The third-order valence-electron chi connectivity index (χ3n) is 4.29. The third-order valence-corrected chi connectivity index (χ3v) is 4.29.